The quantitative estimate of drug-likeness (QED) is 0.291. The van der Waals surface area contributed by atoms with Crippen molar-refractivity contribution >= 4 is 0 Å². The summed E-state index contributed by atoms with van der Waals surface area (Å²) in [7, 11) is 0. The largest absolute Gasteiger partial charge is 0.103 e. The normalized spacial score (nSPS) is 8.50. The fourth-order valence-corrected chi connectivity index (χ4v) is 0.577. The molecule has 46 valence electrons. The minimum Gasteiger partial charge on any atom is -0.103 e. The highest BCUT2D eigenvalue weighted by Gasteiger charge is 1.79. The maximum Gasteiger partial charge on any atom is -0.0353 e. The van der Waals surface area contributed by atoms with Gasteiger partial charge in [-0.05, 0) is 25.7 Å². The number of allylic oxidation sites excluding steroid dienone is 2. The SMILES string of the molecule is C=[13CH]CCCC[13CH]=C. The molecule has 0 saturated heterocycles. The van der Waals surface area contributed by atoms with Crippen LogP contribution in [0.2, 0.25) is 0 Å². The third kappa shape index (κ3) is 5.48. The molecule has 0 unspecified atom stereocenters. The van der Waals surface area contributed by atoms with Gasteiger partial charge in [0.15, 0.2) is 0 Å². The van der Waals surface area contributed by atoms with E-state index in [9.17, 15) is 0 Å². The number of unbranched alkanes of at least 4 members (excludes halogenated alkanes) is 3. The van der Waals surface area contributed by atoms with Gasteiger partial charge >= 0.3 is 0 Å². The molecular weight excluding hydrogens is 98.1 g/mol. The zero-order chi connectivity index (χ0) is 6.24. The van der Waals surface area contributed by atoms with Crippen molar-refractivity contribution in [2.45, 2.75) is 25.7 Å². The van der Waals surface area contributed by atoms with Crippen LogP contribution >= 0.6 is 0 Å². The summed E-state index contributed by atoms with van der Waals surface area (Å²) in [5.41, 5.74) is 0. The summed E-state index contributed by atoms with van der Waals surface area (Å²) in [5, 5.41) is 0. The van der Waals surface area contributed by atoms with Crippen molar-refractivity contribution in [3.05, 3.63) is 25.3 Å². The topological polar surface area (TPSA) is 0 Å². The molecule has 0 aliphatic carbocycles. The molecule has 0 nitrogen and oxygen atoms in total. The first-order valence-electron chi connectivity index (χ1n) is 3.13. The van der Waals surface area contributed by atoms with Crippen LogP contribution in [0.3, 0.4) is 0 Å². The molecule has 0 fully saturated rings. The van der Waals surface area contributed by atoms with E-state index in [1.165, 1.54) is 12.8 Å². The van der Waals surface area contributed by atoms with Gasteiger partial charge in [-0.1, -0.05) is 12.2 Å². The van der Waals surface area contributed by atoms with Gasteiger partial charge in [0.1, 0.15) is 0 Å². The van der Waals surface area contributed by atoms with E-state index in [1.54, 1.807) is 0 Å². The predicted octanol–water partition coefficient (Wildman–Crippen LogP) is 2.92. The van der Waals surface area contributed by atoms with E-state index in [0.29, 0.717) is 0 Å². The lowest BCUT2D eigenvalue weighted by atomic mass is 10.3. The molecule has 0 aliphatic heterocycles. The highest BCUT2D eigenvalue weighted by Crippen LogP contribution is 1.99. The van der Waals surface area contributed by atoms with Crippen LogP contribution in [0.15, 0.2) is 25.3 Å². The fraction of sp³-hybridized carbons (Fsp3) is 0.500. The fourth-order valence-electron chi connectivity index (χ4n) is 0.577. The molecule has 0 spiro atoms. The zero-order valence-corrected chi connectivity index (χ0v) is 5.40. The summed E-state index contributed by atoms with van der Waals surface area (Å²) < 4.78 is 0. The highest BCUT2D eigenvalue weighted by molar-refractivity contribution is 4.69. The third-order valence-corrected chi connectivity index (χ3v) is 1.07. The molecule has 0 rings (SSSR count). The van der Waals surface area contributed by atoms with Gasteiger partial charge in [-0.3, -0.25) is 0 Å². The number of hydrogen-bond acceptors (Lipinski definition) is 0. The lowest BCUT2D eigenvalue weighted by molar-refractivity contribution is 0.764. The zero-order valence-electron chi connectivity index (χ0n) is 5.40. The van der Waals surface area contributed by atoms with Crippen LogP contribution in [0.25, 0.3) is 0 Å². The Morgan fingerprint density at radius 2 is 1.25 bits per heavy atom. The van der Waals surface area contributed by atoms with Crippen molar-refractivity contribution in [1.82, 2.24) is 0 Å². The second-order valence-electron chi connectivity index (χ2n) is 1.86. The third-order valence-electron chi connectivity index (χ3n) is 1.07. The average Bonchev–Trinajstić information content (AvgIpc) is 1.81. The van der Waals surface area contributed by atoms with E-state index in [1.807, 2.05) is 12.2 Å². The molecular formula is C8H14. The van der Waals surface area contributed by atoms with Gasteiger partial charge < -0.3 is 0 Å². The minimum absolute atomic E-state index is 1.15. The molecule has 0 heterocycles. The molecule has 0 aromatic rings. The van der Waals surface area contributed by atoms with Crippen molar-refractivity contribution in [2.24, 2.45) is 0 Å². The Hall–Kier alpha value is -0.520. The van der Waals surface area contributed by atoms with E-state index in [0.717, 1.165) is 12.8 Å². The van der Waals surface area contributed by atoms with Crippen molar-refractivity contribution in [3.8, 4) is 0 Å². The van der Waals surface area contributed by atoms with Gasteiger partial charge in [0, 0.05) is 0 Å². The Morgan fingerprint density at radius 1 is 0.875 bits per heavy atom. The molecule has 0 radical (unpaired) electrons. The Morgan fingerprint density at radius 3 is 1.50 bits per heavy atom. The van der Waals surface area contributed by atoms with E-state index in [-0.39, 0.29) is 0 Å². The summed E-state index contributed by atoms with van der Waals surface area (Å²) in [6, 6.07) is 0. The Labute approximate surface area is 51.9 Å². The first kappa shape index (κ1) is 7.48. The van der Waals surface area contributed by atoms with Gasteiger partial charge in [0.2, 0.25) is 0 Å². The smallest absolute Gasteiger partial charge is 0.0353 e. The van der Waals surface area contributed by atoms with Crippen LogP contribution in [0.1, 0.15) is 25.7 Å². The monoisotopic (exact) mass is 112 g/mol. The van der Waals surface area contributed by atoms with E-state index >= 15 is 0 Å². The summed E-state index contributed by atoms with van der Waals surface area (Å²) in [4.78, 5) is 0. The number of hydrogen-bond donors (Lipinski definition) is 0. The predicted molar refractivity (Wildman–Crippen MR) is 38.9 cm³/mol. The molecule has 0 bridgehead atoms. The van der Waals surface area contributed by atoms with Crippen LogP contribution in [0, 0.1) is 0 Å². The maximum absolute atomic E-state index is 3.63. The van der Waals surface area contributed by atoms with Crippen LogP contribution < -0.4 is 0 Å². The van der Waals surface area contributed by atoms with Crippen molar-refractivity contribution in [1.29, 1.82) is 0 Å². The summed E-state index contributed by atoms with van der Waals surface area (Å²) in [6.07, 6.45) is 8.74. The summed E-state index contributed by atoms with van der Waals surface area (Å²) in [6.45, 7) is 7.26. The second kappa shape index (κ2) is 6.48. The Kier molecular flexibility index (Phi) is 6.06. The Bertz CT molecular complexity index is 52.4. The molecule has 0 aromatic heterocycles. The van der Waals surface area contributed by atoms with E-state index in [4.69, 9.17) is 0 Å². The molecule has 0 saturated carbocycles. The van der Waals surface area contributed by atoms with Gasteiger partial charge in [-0.15, -0.1) is 13.2 Å². The van der Waals surface area contributed by atoms with Crippen LogP contribution in [-0.2, 0) is 0 Å². The molecule has 0 aromatic carbocycles. The van der Waals surface area contributed by atoms with Crippen molar-refractivity contribution in [2.75, 3.05) is 0 Å². The molecule has 0 aliphatic rings. The first-order valence-corrected chi connectivity index (χ1v) is 3.13. The van der Waals surface area contributed by atoms with Gasteiger partial charge in [0.05, 0.1) is 0 Å². The highest BCUT2D eigenvalue weighted by atomic mass is 14.1. The van der Waals surface area contributed by atoms with Crippen LogP contribution in [0.5, 0.6) is 0 Å². The van der Waals surface area contributed by atoms with E-state index < -0.39 is 0 Å². The molecule has 0 atom stereocenters. The van der Waals surface area contributed by atoms with Gasteiger partial charge in [-0.25, -0.2) is 0 Å². The molecule has 0 N–H and O–H groups in total. The van der Waals surface area contributed by atoms with Crippen molar-refractivity contribution in [3.63, 3.8) is 0 Å². The van der Waals surface area contributed by atoms with Gasteiger partial charge in [0.25, 0.3) is 0 Å². The minimum atomic E-state index is 1.15. The lowest BCUT2D eigenvalue weighted by Gasteiger charge is -1.89. The maximum atomic E-state index is 3.63. The number of rotatable bonds is 5. The van der Waals surface area contributed by atoms with E-state index in [2.05, 4.69) is 13.2 Å². The van der Waals surface area contributed by atoms with Crippen LogP contribution in [-0.4, -0.2) is 0 Å². The van der Waals surface area contributed by atoms with Crippen molar-refractivity contribution < 1.29 is 0 Å². The molecule has 0 heteroatoms. The second-order valence-corrected chi connectivity index (χ2v) is 1.86. The average molecular weight is 112 g/mol. The first-order chi connectivity index (χ1) is 3.91. The standard InChI is InChI=1S/C8H14/c1-3-5-7-8-6-4-2/h3-4H,1-2,5-8H2/i3+1,4+1. The molecule has 0 amide bonds. The Balaban J connectivity index is 2.71. The summed E-state index contributed by atoms with van der Waals surface area (Å²) >= 11 is 0. The summed E-state index contributed by atoms with van der Waals surface area (Å²) in [5.74, 6) is 0. The molecule has 8 heavy (non-hydrogen) atoms. The van der Waals surface area contributed by atoms with Crippen LogP contribution in [0.4, 0.5) is 0 Å². The lowest BCUT2D eigenvalue weighted by Crippen LogP contribution is -1.69. The van der Waals surface area contributed by atoms with Gasteiger partial charge in [-0.2, -0.15) is 0 Å².